The molecule has 0 aliphatic carbocycles. The van der Waals surface area contributed by atoms with E-state index in [-0.39, 0.29) is 5.97 Å². The summed E-state index contributed by atoms with van der Waals surface area (Å²) >= 11 is 3.02. The number of carbonyl (C=O) groups excluding carboxylic acids is 1. The highest BCUT2D eigenvalue weighted by Gasteiger charge is 1.98. The van der Waals surface area contributed by atoms with Gasteiger partial charge >= 0.3 is 5.97 Å². The largest absolute Gasteiger partial charge is 0.454 e. The van der Waals surface area contributed by atoms with E-state index in [0.717, 1.165) is 19.3 Å². The predicted octanol–water partition coefficient (Wildman–Crippen LogP) is 2.46. The summed E-state index contributed by atoms with van der Waals surface area (Å²) in [6.07, 6.45) is 3.75. The first-order chi connectivity index (χ1) is 4.81. The average molecular weight is 209 g/mol. The molecule has 3 heteroatoms. The third-order valence-electron chi connectivity index (χ3n) is 1.20. The van der Waals surface area contributed by atoms with E-state index in [2.05, 4.69) is 27.6 Å². The van der Waals surface area contributed by atoms with Gasteiger partial charge in [0.05, 0.1) is 0 Å². The average Bonchev–Trinajstić information content (AvgIpc) is 1.89. The standard InChI is InChI=1S/C7H13BrO2/c1-2-3-4-5-7(9)10-6-8/h2-6H2,1H3. The number of halogens is 1. The van der Waals surface area contributed by atoms with E-state index < -0.39 is 0 Å². The molecule has 0 aromatic rings. The lowest BCUT2D eigenvalue weighted by atomic mass is 10.2. The van der Waals surface area contributed by atoms with Crippen LogP contribution in [0.2, 0.25) is 0 Å². The zero-order valence-electron chi connectivity index (χ0n) is 6.23. The Bertz CT molecular complexity index is 93.6. The van der Waals surface area contributed by atoms with Crippen molar-refractivity contribution in [3.8, 4) is 0 Å². The van der Waals surface area contributed by atoms with Crippen LogP contribution in [0.15, 0.2) is 0 Å². The van der Waals surface area contributed by atoms with Crippen molar-refractivity contribution in [1.82, 2.24) is 0 Å². The van der Waals surface area contributed by atoms with Gasteiger partial charge in [0.25, 0.3) is 0 Å². The van der Waals surface area contributed by atoms with Crippen LogP contribution < -0.4 is 0 Å². The molecule has 0 saturated carbocycles. The van der Waals surface area contributed by atoms with Gasteiger partial charge in [-0.25, -0.2) is 0 Å². The van der Waals surface area contributed by atoms with E-state index in [1.807, 2.05) is 0 Å². The number of rotatable bonds is 5. The van der Waals surface area contributed by atoms with E-state index in [0.29, 0.717) is 11.9 Å². The maximum absolute atomic E-state index is 10.7. The molecule has 0 atom stereocenters. The van der Waals surface area contributed by atoms with Crippen molar-refractivity contribution in [1.29, 1.82) is 0 Å². The first-order valence-electron chi connectivity index (χ1n) is 3.52. The molecular weight excluding hydrogens is 196 g/mol. The smallest absolute Gasteiger partial charge is 0.306 e. The molecule has 0 radical (unpaired) electrons. The van der Waals surface area contributed by atoms with Crippen molar-refractivity contribution in [2.24, 2.45) is 0 Å². The maximum Gasteiger partial charge on any atom is 0.306 e. The molecule has 60 valence electrons. The van der Waals surface area contributed by atoms with E-state index in [4.69, 9.17) is 0 Å². The van der Waals surface area contributed by atoms with Gasteiger partial charge in [0.2, 0.25) is 0 Å². The van der Waals surface area contributed by atoms with Crippen molar-refractivity contribution in [3.63, 3.8) is 0 Å². The van der Waals surface area contributed by atoms with Gasteiger partial charge in [0, 0.05) is 6.42 Å². The highest BCUT2D eigenvalue weighted by atomic mass is 79.9. The third-order valence-corrected chi connectivity index (χ3v) is 1.43. The summed E-state index contributed by atoms with van der Waals surface area (Å²) in [7, 11) is 0. The number of hydrogen-bond donors (Lipinski definition) is 0. The van der Waals surface area contributed by atoms with Gasteiger partial charge in [0.1, 0.15) is 5.52 Å². The van der Waals surface area contributed by atoms with Gasteiger partial charge in [-0.15, -0.1) is 0 Å². The van der Waals surface area contributed by atoms with E-state index in [1.54, 1.807) is 0 Å². The summed E-state index contributed by atoms with van der Waals surface area (Å²) in [5, 5.41) is 0. The number of unbranched alkanes of at least 4 members (excludes halogenated alkanes) is 2. The molecule has 0 aromatic carbocycles. The van der Waals surface area contributed by atoms with Gasteiger partial charge in [-0.2, -0.15) is 0 Å². The topological polar surface area (TPSA) is 26.3 Å². The van der Waals surface area contributed by atoms with Gasteiger partial charge in [0.15, 0.2) is 0 Å². The third kappa shape index (κ3) is 6.08. The maximum atomic E-state index is 10.7. The number of alkyl halides is 1. The predicted molar refractivity (Wildman–Crippen MR) is 44.0 cm³/mol. The van der Waals surface area contributed by atoms with Gasteiger partial charge in [-0.1, -0.05) is 19.8 Å². The van der Waals surface area contributed by atoms with Crippen molar-refractivity contribution in [2.75, 3.05) is 5.52 Å². The normalized spacial score (nSPS) is 9.40. The van der Waals surface area contributed by atoms with E-state index in [9.17, 15) is 4.79 Å². The number of ether oxygens (including phenoxy) is 1. The Kier molecular flexibility index (Phi) is 7.03. The van der Waals surface area contributed by atoms with Crippen LogP contribution in [0.3, 0.4) is 0 Å². The molecule has 0 unspecified atom stereocenters. The Balaban J connectivity index is 3.05. The van der Waals surface area contributed by atoms with E-state index in [1.165, 1.54) is 0 Å². The number of esters is 1. The molecule has 0 bridgehead atoms. The molecule has 0 fully saturated rings. The Morgan fingerprint density at radius 2 is 2.20 bits per heavy atom. The number of carbonyl (C=O) groups is 1. The zero-order chi connectivity index (χ0) is 7.82. The fourth-order valence-corrected chi connectivity index (χ4v) is 0.908. The summed E-state index contributed by atoms with van der Waals surface area (Å²) in [4.78, 5) is 10.7. The molecule has 0 aliphatic rings. The summed E-state index contributed by atoms with van der Waals surface area (Å²) in [6.45, 7) is 2.11. The Hall–Kier alpha value is -0.0500. The SMILES string of the molecule is CCCCCC(=O)OCBr. The van der Waals surface area contributed by atoms with Crippen LogP contribution in [0, 0.1) is 0 Å². The minimum atomic E-state index is -0.106. The highest BCUT2D eigenvalue weighted by molar-refractivity contribution is 9.09. The fraction of sp³-hybridized carbons (Fsp3) is 0.857. The molecule has 2 nitrogen and oxygen atoms in total. The quantitative estimate of drug-likeness (QED) is 0.395. The van der Waals surface area contributed by atoms with Gasteiger partial charge < -0.3 is 4.74 Å². The Morgan fingerprint density at radius 1 is 1.50 bits per heavy atom. The lowest BCUT2D eigenvalue weighted by Gasteiger charge is -1.98. The van der Waals surface area contributed by atoms with Crippen LogP contribution in [0.25, 0.3) is 0 Å². The van der Waals surface area contributed by atoms with Crippen LogP contribution >= 0.6 is 15.9 Å². The zero-order valence-corrected chi connectivity index (χ0v) is 7.82. The van der Waals surface area contributed by atoms with Gasteiger partial charge in [-0.05, 0) is 22.4 Å². The number of hydrogen-bond acceptors (Lipinski definition) is 2. The molecule has 0 aromatic heterocycles. The molecule has 0 amide bonds. The molecule has 0 rings (SSSR count). The van der Waals surface area contributed by atoms with Crippen molar-refractivity contribution < 1.29 is 9.53 Å². The molecule has 0 heterocycles. The summed E-state index contributed by atoms with van der Waals surface area (Å²) in [5.74, 6) is -0.106. The van der Waals surface area contributed by atoms with Crippen LogP contribution in [0.5, 0.6) is 0 Å². The van der Waals surface area contributed by atoms with Crippen molar-refractivity contribution in [2.45, 2.75) is 32.6 Å². The van der Waals surface area contributed by atoms with Crippen LogP contribution in [0.4, 0.5) is 0 Å². The van der Waals surface area contributed by atoms with Crippen LogP contribution in [-0.4, -0.2) is 11.5 Å². The minimum absolute atomic E-state index is 0.106. The first kappa shape index (κ1) is 9.95. The summed E-state index contributed by atoms with van der Waals surface area (Å²) in [5.41, 5.74) is 0.317. The van der Waals surface area contributed by atoms with E-state index >= 15 is 0 Å². The molecular formula is C7H13BrO2. The molecule has 10 heavy (non-hydrogen) atoms. The lowest BCUT2D eigenvalue weighted by molar-refractivity contribution is -0.141. The first-order valence-corrected chi connectivity index (χ1v) is 4.65. The van der Waals surface area contributed by atoms with Gasteiger partial charge in [-0.3, -0.25) is 4.79 Å². The highest BCUT2D eigenvalue weighted by Crippen LogP contribution is 2.00. The van der Waals surface area contributed by atoms with Crippen molar-refractivity contribution in [3.05, 3.63) is 0 Å². The molecule has 0 saturated heterocycles. The van der Waals surface area contributed by atoms with Crippen molar-refractivity contribution >= 4 is 21.9 Å². The lowest BCUT2D eigenvalue weighted by Crippen LogP contribution is -2.01. The second-order valence-electron chi connectivity index (χ2n) is 2.08. The summed E-state index contributed by atoms with van der Waals surface area (Å²) < 4.78 is 4.67. The second kappa shape index (κ2) is 7.06. The molecule has 0 aliphatic heterocycles. The summed E-state index contributed by atoms with van der Waals surface area (Å²) in [6, 6.07) is 0. The fourth-order valence-electron chi connectivity index (χ4n) is 0.652. The van der Waals surface area contributed by atoms with Crippen LogP contribution in [0.1, 0.15) is 32.6 Å². The Labute approximate surface area is 70.1 Å². The van der Waals surface area contributed by atoms with Crippen LogP contribution in [-0.2, 0) is 9.53 Å². The minimum Gasteiger partial charge on any atom is -0.454 e. The molecule has 0 N–H and O–H groups in total. The Morgan fingerprint density at radius 3 is 2.70 bits per heavy atom. The monoisotopic (exact) mass is 208 g/mol. The second-order valence-corrected chi connectivity index (χ2v) is 2.54. The molecule has 0 spiro atoms.